The zero-order chi connectivity index (χ0) is 8.27. The van der Waals surface area contributed by atoms with E-state index in [0.29, 0.717) is 12.6 Å². The number of likely N-dealkylation sites (N-methyl/N-ethyl adjacent to an activating group) is 1. The van der Waals surface area contributed by atoms with Gasteiger partial charge in [0, 0.05) is 11.4 Å². The lowest BCUT2D eigenvalue weighted by atomic mass is 10.2. The summed E-state index contributed by atoms with van der Waals surface area (Å²) in [7, 11) is 4.11. The Hall–Kier alpha value is -0.380. The minimum absolute atomic E-state index is 0.384. The molecule has 0 aromatic carbocycles. The second kappa shape index (κ2) is 3.85. The molecule has 1 aromatic heterocycles. The van der Waals surface area contributed by atoms with Crippen molar-refractivity contribution in [3.8, 4) is 0 Å². The summed E-state index contributed by atoms with van der Waals surface area (Å²) in [6, 6.07) is 4.57. The Kier molecular flexibility index (Phi) is 3.05. The first kappa shape index (κ1) is 8.71. The lowest BCUT2D eigenvalue weighted by Gasteiger charge is -2.20. The van der Waals surface area contributed by atoms with Crippen LogP contribution in [-0.2, 0) is 0 Å². The summed E-state index contributed by atoms with van der Waals surface area (Å²) in [4.78, 5) is 3.49. The number of hydrogen-bond donors (Lipinski definition) is 1. The lowest BCUT2D eigenvalue weighted by Crippen LogP contribution is -2.26. The van der Waals surface area contributed by atoms with Crippen LogP contribution in [0.2, 0.25) is 0 Å². The number of hydrogen-bond acceptors (Lipinski definition) is 3. The van der Waals surface area contributed by atoms with Crippen LogP contribution in [0.25, 0.3) is 0 Å². The van der Waals surface area contributed by atoms with Crippen LogP contribution >= 0.6 is 11.3 Å². The van der Waals surface area contributed by atoms with Gasteiger partial charge < -0.3 is 10.6 Å². The van der Waals surface area contributed by atoms with Gasteiger partial charge in [0.15, 0.2) is 0 Å². The first-order valence-electron chi connectivity index (χ1n) is 3.65. The van der Waals surface area contributed by atoms with Gasteiger partial charge in [0.05, 0.1) is 6.04 Å². The van der Waals surface area contributed by atoms with E-state index in [-0.39, 0.29) is 0 Å². The van der Waals surface area contributed by atoms with Gasteiger partial charge in [0.2, 0.25) is 0 Å². The smallest absolute Gasteiger partial charge is 0.0559 e. The second-order valence-corrected chi connectivity index (χ2v) is 3.71. The average Bonchev–Trinajstić information content (AvgIpc) is 2.40. The van der Waals surface area contributed by atoms with E-state index in [0.717, 1.165) is 0 Å². The Balaban J connectivity index is 2.71. The SMILES string of the molecule is CN(C)[C@H](CN)c1cccs1. The van der Waals surface area contributed by atoms with E-state index in [2.05, 4.69) is 36.5 Å². The Morgan fingerprint density at radius 2 is 2.36 bits per heavy atom. The van der Waals surface area contributed by atoms with E-state index in [4.69, 9.17) is 5.73 Å². The normalized spacial score (nSPS) is 13.8. The van der Waals surface area contributed by atoms with Crippen molar-refractivity contribution in [3.63, 3.8) is 0 Å². The fraction of sp³-hybridized carbons (Fsp3) is 0.500. The first-order chi connectivity index (χ1) is 5.25. The van der Waals surface area contributed by atoms with Gasteiger partial charge in [-0.05, 0) is 25.5 Å². The van der Waals surface area contributed by atoms with E-state index in [1.165, 1.54) is 4.88 Å². The molecular weight excluding hydrogens is 156 g/mol. The molecule has 0 saturated carbocycles. The van der Waals surface area contributed by atoms with Gasteiger partial charge >= 0.3 is 0 Å². The number of rotatable bonds is 3. The van der Waals surface area contributed by atoms with Gasteiger partial charge in [-0.3, -0.25) is 0 Å². The van der Waals surface area contributed by atoms with E-state index in [1.807, 2.05) is 0 Å². The third kappa shape index (κ3) is 2.02. The van der Waals surface area contributed by atoms with E-state index >= 15 is 0 Å². The molecule has 0 unspecified atom stereocenters. The Morgan fingerprint density at radius 1 is 1.64 bits per heavy atom. The molecule has 0 saturated heterocycles. The molecule has 1 aromatic rings. The predicted octanol–water partition coefficient (Wildman–Crippen LogP) is 1.31. The molecule has 0 radical (unpaired) electrons. The molecular formula is C8H14N2S. The largest absolute Gasteiger partial charge is 0.329 e. The van der Waals surface area contributed by atoms with Crippen LogP contribution < -0.4 is 5.73 Å². The van der Waals surface area contributed by atoms with Crippen molar-refractivity contribution in [1.82, 2.24) is 4.90 Å². The van der Waals surface area contributed by atoms with Crippen molar-refractivity contribution in [1.29, 1.82) is 0 Å². The van der Waals surface area contributed by atoms with Crippen LogP contribution in [0.15, 0.2) is 17.5 Å². The molecule has 2 N–H and O–H groups in total. The number of nitrogens with zero attached hydrogens (tertiary/aromatic N) is 1. The van der Waals surface area contributed by atoms with Crippen molar-refractivity contribution < 1.29 is 0 Å². The summed E-state index contributed by atoms with van der Waals surface area (Å²) in [5, 5.41) is 2.08. The maximum absolute atomic E-state index is 5.63. The molecule has 3 heteroatoms. The lowest BCUT2D eigenvalue weighted by molar-refractivity contribution is 0.310. The predicted molar refractivity (Wildman–Crippen MR) is 49.8 cm³/mol. The van der Waals surface area contributed by atoms with Crippen molar-refractivity contribution in [2.24, 2.45) is 5.73 Å². The molecule has 0 fully saturated rings. The molecule has 2 nitrogen and oxygen atoms in total. The first-order valence-corrected chi connectivity index (χ1v) is 4.53. The minimum Gasteiger partial charge on any atom is -0.329 e. The average molecular weight is 170 g/mol. The van der Waals surface area contributed by atoms with Crippen molar-refractivity contribution in [2.75, 3.05) is 20.6 Å². The van der Waals surface area contributed by atoms with Gasteiger partial charge in [-0.2, -0.15) is 0 Å². The zero-order valence-electron chi connectivity index (χ0n) is 6.95. The molecule has 1 atom stereocenters. The van der Waals surface area contributed by atoms with E-state index in [1.54, 1.807) is 11.3 Å². The molecule has 1 heterocycles. The number of nitrogens with two attached hydrogens (primary N) is 1. The standard InChI is InChI=1S/C8H14N2S/c1-10(2)7(6-9)8-4-3-5-11-8/h3-5,7H,6,9H2,1-2H3/t7-/m1/s1. The van der Waals surface area contributed by atoms with Gasteiger partial charge in [-0.25, -0.2) is 0 Å². The molecule has 62 valence electrons. The van der Waals surface area contributed by atoms with Crippen LogP contribution in [0.5, 0.6) is 0 Å². The van der Waals surface area contributed by atoms with Gasteiger partial charge in [-0.1, -0.05) is 6.07 Å². The second-order valence-electron chi connectivity index (χ2n) is 2.73. The summed E-state index contributed by atoms with van der Waals surface area (Å²) >= 11 is 1.76. The highest BCUT2D eigenvalue weighted by Crippen LogP contribution is 2.21. The monoisotopic (exact) mass is 170 g/mol. The Morgan fingerprint density at radius 3 is 2.73 bits per heavy atom. The van der Waals surface area contributed by atoms with Crippen LogP contribution in [0.1, 0.15) is 10.9 Å². The van der Waals surface area contributed by atoms with Crippen LogP contribution in [0.4, 0.5) is 0 Å². The highest BCUT2D eigenvalue weighted by Gasteiger charge is 2.11. The van der Waals surface area contributed by atoms with Crippen LogP contribution in [0, 0.1) is 0 Å². The van der Waals surface area contributed by atoms with Crippen molar-refractivity contribution in [2.45, 2.75) is 6.04 Å². The van der Waals surface area contributed by atoms with Gasteiger partial charge in [0.1, 0.15) is 0 Å². The Bertz CT molecular complexity index is 194. The summed E-state index contributed by atoms with van der Waals surface area (Å²) < 4.78 is 0. The maximum atomic E-state index is 5.63. The maximum Gasteiger partial charge on any atom is 0.0559 e. The van der Waals surface area contributed by atoms with Crippen molar-refractivity contribution >= 4 is 11.3 Å². The van der Waals surface area contributed by atoms with E-state index < -0.39 is 0 Å². The van der Waals surface area contributed by atoms with E-state index in [9.17, 15) is 0 Å². The third-order valence-corrected chi connectivity index (χ3v) is 2.69. The van der Waals surface area contributed by atoms with Gasteiger partial charge in [0.25, 0.3) is 0 Å². The van der Waals surface area contributed by atoms with Crippen LogP contribution in [-0.4, -0.2) is 25.5 Å². The zero-order valence-corrected chi connectivity index (χ0v) is 7.77. The highest BCUT2D eigenvalue weighted by atomic mass is 32.1. The summed E-state index contributed by atoms with van der Waals surface area (Å²) in [5.74, 6) is 0. The minimum atomic E-state index is 0.384. The molecule has 0 aliphatic heterocycles. The summed E-state index contributed by atoms with van der Waals surface area (Å²) in [6.45, 7) is 0.688. The van der Waals surface area contributed by atoms with Crippen molar-refractivity contribution in [3.05, 3.63) is 22.4 Å². The molecule has 0 spiro atoms. The highest BCUT2D eigenvalue weighted by molar-refractivity contribution is 7.10. The molecule has 11 heavy (non-hydrogen) atoms. The summed E-state index contributed by atoms with van der Waals surface area (Å²) in [5.41, 5.74) is 5.63. The van der Waals surface area contributed by atoms with Gasteiger partial charge in [-0.15, -0.1) is 11.3 Å². The molecule has 0 amide bonds. The summed E-state index contributed by atoms with van der Waals surface area (Å²) in [6.07, 6.45) is 0. The fourth-order valence-corrected chi connectivity index (χ4v) is 2.00. The number of thiophene rings is 1. The fourth-order valence-electron chi connectivity index (χ4n) is 1.06. The quantitative estimate of drug-likeness (QED) is 0.741. The molecule has 0 aliphatic carbocycles. The molecule has 0 aliphatic rings. The molecule has 1 rings (SSSR count). The molecule has 0 bridgehead atoms. The van der Waals surface area contributed by atoms with Crippen LogP contribution in [0.3, 0.4) is 0 Å². The third-order valence-electron chi connectivity index (χ3n) is 1.72. The topological polar surface area (TPSA) is 29.3 Å². The Labute approximate surface area is 71.6 Å².